The summed E-state index contributed by atoms with van der Waals surface area (Å²) in [4.78, 5) is 0. The van der Waals surface area contributed by atoms with Gasteiger partial charge in [0, 0.05) is 21.1 Å². The van der Waals surface area contributed by atoms with Gasteiger partial charge in [-0.25, -0.2) is 8.42 Å². The third-order valence-corrected chi connectivity index (χ3v) is 5.60. The lowest BCUT2D eigenvalue weighted by atomic mass is 9.76. The first-order valence-electron chi connectivity index (χ1n) is 7.11. The number of aryl methyl sites for hydroxylation is 1. The lowest BCUT2D eigenvalue weighted by molar-refractivity contribution is 0.118. The summed E-state index contributed by atoms with van der Waals surface area (Å²) in [7, 11) is 1.95. The van der Waals surface area contributed by atoms with Crippen molar-refractivity contribution in [2.45, 2.75) is 39.0 Å². The maximum Gasteiger partial charge on any atom is 0.233 e. The predicted octanol–water partition coefficient (Wildman–Crippen LogP) is 4.55. The van der Waals surface area contributed by atoms with Crippen molar-refractivity contribution in [1.29, 1.82) is 0 Å². The molecule has 6 heteroatoms. The second-order valence-electron chi connectivity index (χ2n) is 5.94. The molecule has 0 spiro atoms. The van der Waals surface area contributed by atoms with Crippen molar-refractivity contribution < 1.29 is 13.2 Å². The molecule has 0 atom stereocenters. The Morgan fingerprint density at radius 3 is 2.52 bits per heavy atom. The zero-order valence-corrected chi connectivity index (χ0v) is 14.4. The minimum absolute atomic E-state index is 0.0266. The zero-order valence-electron chi connectivity index (χ0n) is 12.1. The zero-order chi connectivity index (χ0) is 15.5. The molecule has 1 saturated carbocycles. The summed E-state index contributed by atoms with van der Waals surface area (Å²) in [5.41, 5.74) is 0.604. The number of rotatable bonds is 5. The number of hydrogen-bond donors (Lipinski definition) is 0. The van der Waals surface area contributed by atoms with E-state index in [1.165, 1.54) is 0 Å². The van der Waals surface area contributed by atoms with Gasteiger partial charge in [-0.15, -0.1) is 0 Å². The maximum atomic E-state index is 11.5. The van der Waals surface area contributed by atoms with Gasteiger partial charge < -0.3 is 4.74 Å². The second-order valence-corrected chi connectivity index (χ2v) is 9.16. The molecule has 2 rings (SSSR count). The normalized spacial score (nSPS) is 18.4. The molecule has 0 aliphatic heterocycles. The first kappa shape index (κ1) is 16.9. The van der Waals surface area contributed by atoms with E-state index in [9.17, 15) is 8.42 Å². The summed E-state index contributed by atoms with van der Waals surface area (Å²) < 4.78 is 29.0. The summed E-state index contributed by atoms with van der Waals surface area (Å²) in [5.74, 6) is 0.681. The molecule has 118 valence electrons. The predicted molar refractivity (Wildman–Crippen MR) is 86.8 cm³/mol. The van der Waals surface area contributed by atoms with E-state index in [1.807, 2.05) is 19.1 Å². The van der Waals surface area contributed by atoms with Crippen molar-refractivity contribution in [1.82, 2.24) is 0 Å². The van der Waals surface area contributed by atoms with Crippen molar-refractivity contribution in [2.75, 3.05) is 12.4 Å². The van der Waals surface area contributed by atoms with E-state index in [0.717, 1.165) is 37.7 Å². The standard InChI is InChI=1S/C15H20Cl2O3S/c1-12-5-6-13(16)9-14(12)20-10-15(11-21(17,18)19)7-3-2-4-8-15/h5-6,9H,2-4,7-8,10-11H2,1H3. The molecule has 21 heavy (non-hydrogen) atoms. The van der Waals surface area contributed by atoms with Crippen LogP contribution in [0.2, 0.25) is 5.02 Å². The van der Waals surface area contributed by atoms with Gasteiger partial charge in [-0.05, 0) is 37.5 Å². The summed E-state index contributed by atoms with van der Waals surface area (Å²) in [5, 5.41) is 0.609. The van der Waals surface area contributed by atoms with Crippen LogP contribution in [0, 0.1) is 12.3 Å². The first-order chi connectivity index (χ1) is 9.80. The lowest BCUT2D eigenvalue weighted by Crippen LogP contribution is -2.37. The molecule has 0 amide bonds. The highest BCUT2D eigenvalue weighted by Gasteiger charge is 2.37. The van der Waals surface area contributed by atoms with E-state index < -0.39 is 9.05 Å². The minimum atomic E-state index is -3.54. The monoisotopic (exact) mass is 350 g/mol. The van der Waals surface area contributed by atoms with Gasteiger partial charge in [-0.2, -0.15) is 0 Å². The van der Waals surface area contributed by atoms with Crippen molar-refractivity contribution in [3.8, 4) is 5.75 Å². The minimum Gasteiger partial charge on any atom is -0.493 e. The molecule has 1 aliphatic rings. The van der Waals surface area contributed by atoms with Crippen LogP contribution in [0.1, 0.15) is 37.7 Å². The molecule has 0 radical (unpaired) electrons. The van der Waals surface area contributed by atoms with E-state index in [4.69, 9.17) is 27.0 Å². The molecule has 0 heterocycles. The van der Waals surface area contributed by atoms with Crippen LogP contribution in [-0.4, -0.2) is 20.8 Å². The average Bonchev–Trinajstić information content (AvgIpc) is 2.39. The fraction of sp³-hybridized carbons (Fsp3) is 0.600. The van der Waals surface area contributed by atoms with Crippen LogP contribution < -0.4 is 4.74 Å². The molecule has 1 aromatic carbocycles. The summed E-state index contributed by atoms with van der Waals surface area (Å²) in [6, 6.07) is 5.47. The average molecular weight is 351 g/mol. The Bertz CT molecular complexity index is 593. The Labute approximate surface area is 136 Å². The molecule has 1 fully saturated rings. The summed E-state index contributed by atoms with van der Waals surface area (Å²) in [6.07, 6.45) is 4.84. The first-order valence-corrected chi connectivity index (χ1v) is 9.97. The highest BCUT2D eigenvalue weighted by atomic mass is 35.7. The van der Waals surface area contributed by atoms with Crippen LogP contribution in [0.15, 0.2) is 18.2 Å². The topological polar surface area (TPSA) is 43.4 Å². The molecule has 0 bridgehead atoms. The molecule has 0 saturated heterocycles. The third kappa shape index (κ3) is 5.04. The van der Waals surface area contributed by atoms with Gasteiger partial charge >= 0.3 is 0 Å². The quantitative estimate of drug-likeness (QED) is 0.731. The largest absolute Gasteiger partial charge is 0.493 e. The maximum absolute atomic E-state index is 11.5. The second kappa shape index (κ2) is 6.76. The van der Waals surface area contributed by atoms with Gasteiger partial charge in [-0.1, -0.05) is 36.9 Å². The lowest BCUT2D eigenvalue weighted by Gasteiger charge is -2.36. The molecule has 0 N–H and O–H groups in total. The summed E-state index contributed by atoms with van der Waals surface area (Å²) in [6.45, 7) is 2.30. The molecular weight excluding hydrogens is 331 g/mol. The highest BCUT2D eigenvalue weighted by molar-refractivity contribution is 8.13. The van der Waals surface area contributed by atoms with Gasteiger partial charge in [0.05, 0.1) is 12.4 Å². The van der Waals surface area contributed by atoms with E-state index in [2.05, 4.69) is 0 Å². The van der Waals surface area contributed by atoms with E-state index in [1.54, 1.807) is 6.07 Å². The van der Waals surface area contributed by atoms with Crippen LogP contribution in [0.5, 0.6) is 5.75 Å². The van der Waals surface area contributed by atoms with E-state index in [0.29, 0.717) is 17.4 Å². The van der Waals surface area contributed by atoms with Crippen LogP contribution in [0.3, 0.4) is 0 Å². The Kier molecular flexibility index (Phi) is 5.44. The van der Waals surface area contributed by atoms with Crippen LogP contribution in [0.25, 0.3) is 0 Å². The third-order valence-electron chi connectivity index (χ3n) is 4.08. The summed E-state index contributed by atoms with van der Waals surface area (Å²) >= 11 is 5.98. The van der Waals surface area contributed by atoms with Crippen LogP contribution in [0.4, 0.5) is 0 Å². The smallest absolute Gasteiger partial charge is 0.233 e. The van der Waals surface area contributed by atoms with Crippen LogP contribution in [-0.2, 0) is 9.05 Å². The van der Waals surface area contributed by atoms with Crippen molar-refractivity contribution in [3.05, 3.63) is 28.8 Å². The fourth-order valence-corrected chi connectivity index (χ4v) is 4.92. The van der Waals surface area contributed by atoms with Crippen LogP contribution >= 0.6 is 22.3 Å². The molecule has 1 aromatic rings. The molecule has 1 aliphatic carbocycles. The van der Waals surface area contributed by atoms with Gasteiger partial charge in [0.1, 0.15) is 5.75 Å². The van der Waals surface area contributed by atoms with Gasteiger partial charge in [0.25, 0.3) is 0 Å². The number of benzene rings is 1. The Morgan fingerprint density at radius 2 is 1.90 bits per heavy atom. The molecule has 0 aromatic heterocycles. The Balaban J connectivity index is 2.14. The molecular formula is C15H20Cl2O3S. The van der Waals surface area contributed by atoms with Crippen molar-refractivity contribution >= 4 is 31.3 Å². The molecule has 0 unspecified atom stereocenters. The van der Waals surface area contributed by atoms with E-state index in [-0.39, 0.29) is 11.2 Å². The fourth-order valence-electron chi connectivity index (χ4n) is 2.96. The van der Waals surface area contributed by atoms with Gasteiger partial charge in [-0.3, -0.25) is 0 Å². The van der Waals surface area contributed by atoms with Gasteiger partial charge in [0.15, 0.2) is 0 Å². The van der Waals surface area contributed by atoms with Gasteiger partial charge in [0.2, 0.25) is 9.05 Å². The highest BCUT2D eigenvalue weighted by Crippen LogP contribution is 2.39. The van der Waals surface area contributed by atoms with Crippen molar-refractivity contribution in [3.63, 3.8) is 0 Å². The number of hydrogen-bond acceptors (Lipinski definition) is 3. The van der Waals surface area contributed by atoms with E-state index >= 15 is 0 Å². The molecule has 3 nitrogen and oxygen atoms in total. The Morgan fingerprint density at radius 1 is 1.24 bits per heavy atom. The number of halogens is 2. The number of ether oxygens (including phenoxy) is 1. The van der Waals surface area contributed by atoms with Crippen molar-refractivity contribution in [2.24, 2.45) is 5.41 Å². The Hall–Kier alpha value is -0.450. The SMILES string of the molecule is Cc1ccc(Cl)cc1OCC1(CS(=O)(=O)Cl)CCCCC1.